The molecule has 0 radical (unpaired) electrons. The van der Waals surface area contributed by atoms with Crippen molar-refractivity contribution in [2.24, 2.45) is 11.8 Å². The summed E-state index contributed by atoms with van der Waals surface area (Å²) in [4.78, 5) is 0. The summed E-state index contributed by atoms with van der Waals surface area (Å²) in [6.07, 6.45) is 2.68. The summed E-state index contributed by atoms with van der Waals surface area (Å²) in [5, 5.41) is 3.73. The first-order valence-electron chi connectivity index (χ1n) is 7.60. The Morgan fingerprint density at radius 3 is 2.56 bits per heavy atom. The van der Waals surface area contributed by atoms with Gasteiger partial charge < -0.3 is 5.32 Å². The van der Waals surface area contributed by atoms with E-state index in [2.05, 4.69) is 50.4 Å². The first-order valence-corrected chi connectivity index (χ1v) is 7.60. The number of fused-ring (bicyclic) bond motifs is 3. The fourth-order valence-corrected chi connectivity index (χ4v) is 4.54. The number of nitrogens with one attached hydrogen (secondary N) is 1. The normalized spacial score (nSPS) is 37.6. The fourth-order valence-electron chi connectivity index (χ4n) is 4.54. The van der Waals surface area contributed by atoms with Gasteiger partial charge >= 0.3 is 0 Å². The van der Waals surface area contributed by atoms with Gasteiger partial charge in [-0.2, -0.15) is 0 Å². The molecule has 98 valence electrons. The highest BCUT2D eigenvalue weighted by Crippen LogP contribution is 2.57. The van der Waals surface area contributed by atoms with Gasteiger partial charge in [-0.15, -0.1) is 0 Å². The van der Waals surface area contributed by atoms with Crippen LogP contribution in [0.1, 0.15) is 56.6 Å². The molecule has 0 saturated heterocycles. The van der Waals surface area contributed by atoms with Crippen LogP contribution in [-0.4, -0.2) is 12.6 Å². The highest BCUT2D eigenvalue weighted by atomic mass is 15.0. The molecule has 1 saturated carbocycles. The van der Waals surface area contributed by atoms with Gasteiger partial charge in [-0.25, -0.2) is 0 Å². The molecule has 18 heavy (non-hydrogen) atoms. The first kappa shape index (κ1) is 12.2. The first-order chi connectivity index (χ1) is 8.77. The number of benzene rings is 1. The predicted molar refractivity (Wildman–Crippen MR) is 77.0 cm³/mol. The van der Waals surface area contributed by atoms with Crippen LogP contribution in [0.15, 0.2) is 24.3 Å². The molecule has 0 amide bonds. The molecule has 2 aliphatic carbocycles. The van der Waals surface area contributed by atoms with Crippen LogP contribution >= 0.6 is 0 Å². The summed E-state index contributed by atoms with van der Waals surface area (Å²) >= 11 is 0. The van der Waals surface area contributed by atoms with E-state index in [9.17, 15) is 0 Å². The average Bonchev–Trinajstić information content (AvgIpc) is 2.39. The van der Waals surface area contributed by atoms with E-state index in [4.69, 9.17) is 0 Å². The van der Waals surface area contributed by atoms with Crippen molar-refractivity contribution in [3.63, 3.8) is 0 Å². The summed E-state index contributed by atoms with van der Waals surface area (Å²) in [6, 6.07) is 9.93. The Morgan fingerprint density at radius 1 is 1.17 bits per heavy atom. The molecule has 0 heterocycles. The Morgan fingerprint density at radius 2 is 1.89 bits per heavy atom. The average molecular weight is 243 g/mol. The second kappa shape index (κ2) is 4.70. The fraction of sp³-hybridized carbons (Fsp3) is 0.647. The van der Waals surface area contributed by atoms with Crippen LogP contribution in [0.25, 0.3) is 0 Å². The van der Waals surface area contributed by atoms with Crippen molar-refractivity contribution in [1.29, 1.82) is 0 Å². The minimum absolute atomic E-state index is 0.737. The lowest BCUT2D eigenvalue weighted by Gasteiger charge is -2.57. The maximum atomic E-state index is 3.73. The predicted octanol–water partition coefficient (Wildman–Crippen LogP) is 3.91. The highest BCUT2D eigenvalue weighted by Gasteiger charge is 2.52. The zero-order chi connectivity index (χ0) is 12.7. The Labute approximate surface area is 111 Å². The summed E-state index contributed by atoms with van der Waals surface area (Å²) in [6.45, 7) is 8.10. The molecule has 3 rings (SSSR count). The zero-order valence-corrected chi connectivity index (χ0v) is 11.8. The molecule has 1 aromatic carbocycles. The molecule has 0 bridgehead atoms. The molecule has 5 unspecified atom stereocenters. The Hall–Kier alpha value is -0.820. The largest absolute Gasteiger partial charge is 0.314 e. The SMILES string of the molecule is CCNC1C(CC)C2c3ccccc3C(C)CC12. The molecule has 1 N–H and O–H groups in total. The van der Waals surface area contributed by atoms with Crippen molar-refractivity contribution < 1.29 is 0 Å². The highest BCUT2D eigenvalue weighted by molar-refractivity contribution is 5.40. The van der Waals surface area contributed by atoms with Gasteiger partial charge in [0, 0.05) is 6.04 Å². The lowest BCUT2D eigenvalue weighted by Crippen LogP contribution is -2.58. The molecule has 1 nitrogen and oxygen atoms in total. The van der Waals surface area contributed by atoms with Gasteiger partial charge in [0.05, 0.1) is 0 Å². The van der Waals surface area contributed by atoms with E-state index in [0.717, 1.165) is 36.3 Å². The van der Waals surface area contributed by atoms with Gasteiger partial charge in [-0.05, 0) is 47.8 Å². The van der Waals surface area contributed by atoms with Crippen LogP contribution in [0, 0.1) is 11.8 Å². The van der Waals surface area contributed by atoms with Crippen molar-refractivity contribution in [2.75, 3.05) is 6.54 Å². The third-order valence-corrected chi connectivity index (χ3v) is 5.27. The van der Waals surface area contributed by atoms with E-state index in [-0.39, 0.29) is 0 Å². The second-order valence-corrected chi connectivity index (χ2v) is 6.11. The second-order valence-electron chi connectivity index (χ2n) is 6.11. The van der Waals surface area contributed by atoms with E-state index in [1.807, 2.05) is 0 Å². The Kier molecular flexibility index (Phi) is 3.19. The van der Waals surface area contributed by atoms with Gasteiger partial charge in [0.15, 0.2) is 0 Å². The van der Waals surface area contributed by atoms with Gasteiger partial charge in [-0.1, -0.05) is 51.5 Å². The van der Waals surface area contributed by atoms with Gasteiger partial charge in [0.1, 0.15) is 0 Å². The van der Waals surface area contributed by atoms with E-state index in [1.54, 1.807) is 11.1 Å². The van der Waals surface area contributed by atoms with Crippen molar-refractivity contribution in [2.45, 2.75) is 51.5 Å². The summed E-state index contributed by atoms with van der Waals surface area (Å²) in [5.41, 5.74) is 3.27. The molecule has 1 fully saturated rings. The third-order valence-electron chi connectivity index (χ3n) is 5.27. The van der Waals surface area contributed by atoms with Crippen LogP contribution in [-0.2, 0) is 0 Å². The third kappa shape index (κ3) is 1.64. The standard InChI is InChI=1S/C17H25N/c1-4-12-16-14-9-7-6-8-13(14)11(3)10-15(16)17(12)18-5-2/h6-9,11-12,15-18H,4-5,10H2,1-3H3. The summed E-state index contributed by atoms with van der Waals surface area (Å²) < 4.78 is 0. The number of hydrogen-bond donors (Lipinski definition) is 1. The molecule has 1 aromatic rings. The van der Waals surface area contributed by atoms with E-state index < -0.39 is 0 Å². The molecular weight excluding hydrogens is 218 g/mol. The number of hydrogen-bond acceptors (Lipinski definition) is 1. The Balaban J connectivity index is 1.94. The maximum absolute atomic E-state index is 3.73. The molecule has 2 aliphatic rings. The van der Waals surface area contributed by atoms with Crippen LogP contribution in [0.3, 0.4) is 0 Å². The van der Waals surface area contributed by atoms with Crippen molar-refractivity contribution in [3.05, 3.63) is 35.4 Å². The molecular formula is C17H25N. The molecule has 0 aromatic heterocycles. The van der Waals surface area contributed by atoms with Gasteiger partial charge in [-0.3, -0.25) is 0 Å². The monoisotopic (exact) mass is 243 g/mol. The van der Waals surface area contributed by atoms with Crippen LogP contribution in [0.5, 0.6) is 0 Å². The molecule has 1 heteroatoms. The summed E-state index contributed by atoms with van der Waals surface area (Å²) in [7, 11) is 0. The van der Waals surface area contributed by atoms with Crippen molar-refractivity contribution in [1.82, 2.24) is 5.32 Å². The van der Waals surface area contributed by atoms with E-state index in [0.29, 0.717) is 0 Å². The number of rotatable bonds is 3. The summed E-state index contributed by atoms with van der Waals surface area (Å²) in [5.74, 6) is 3.29. The lowest BCUT2D eigenvalue weighted by molar-refractivity contribution is 0.0452. The molecule has 0 aliphatic heterocycles. The van der Waals surface area contributed by atoms with Crippen LogP contribution in [0.2, 0.25) is 0 Å². The lowest BCUT2D eigenvalue weighted by atomic mass is 9.51. The quantitative estimate of drug-likeness (QED) is 0.848. The minimum atomic E-state index is 0.737. The Bertz CT molecular complexity index is 425. The molecule has 5 atom stereocenters. The van der Waals surface area contributed by atoms with E-state index >= 15 is 0 Å². The van der Waals surface area contributed by atoms with Gasteiger partial charge in [0.25, 0.3) is 0 Å². The van der Waals surface area contributed by atoms with Crippen molar-refractivity contribution >= 4 is 0 Å². The minimum Gasteiger partial charge on any atom is -0.314 e. The van der Waals surface area contributed by atoms with Gasteiger partial charge in [0.2, 0.25) is 0 Å². The zero-order valence-electron chi connectivity index (χ0n) is 11.8. The topological polar surface area (TPSA) is 12.0 Å². The van der Waals surface area contributed by atoms with E-state index in [1.165, 1.54) is 12.8 Å². The van der Waals surface area contributed by atoms with Crippen LogP contribution in [0.4, 0.5) is 0 Å². The van der Waals surface area contributed by atoms with Crippen molar-refractivity contribution in [3.8, 4) is 0 Å². The van der Waals surface area contributed by atoms with Crippen LogP contribution < -0.4 is 5.32 Å². The maximum Gasteiger partial charge on any atom is 0.0135 e. The molecule has 0 spiro atoms. The smallest absolute Gasteiger partial charge is 0.0135 e.